The summed E-state index contributed by atoms with van der Waals surface area (Å²) in [6.07, 6.45) is 5.89. The SMILES string of the molecule is O=[N+]([O-])c1nn(CCn2ccnc2)cc1S(=O)(=O)Cl. The molecule has 19 heavy (non-hydrogen) atoms. The Bertz CT molecular complexity index is 693. The van der Waals surface area contributed by atoms with Gasteiger partial charge in [0.2, 0.25) is 4.90 Å². The van der Waals surface area contributed by atoms with Crippen molar-refractivity contribution in [2.45, 2.75) is 18.0 Å². The Hall–Kier alpha value is -1.94. The second-order valence-corrected chi connectivity index (χ2v) is 6.11. The van der Waals surface area contributed by atoms with E-state index in [-0.39, 0.29) is 6.54 Å². The molecule has 0 atom stereocenters. The summed E-state index contributed by atoms with van der Waals surface area (Å²) in [4.78, 5) is 13.0. The fourth-order valence-corrected chi connectivity index (χ4v) is 2.35. The van der Waals surface area contributed by atoms with Crippen LogP contribution in [0.25, 0.3) is 0 Å². The molecule has 0 amide bonds. The lowest BCUT2D eigenvalue weighted by Crippen LogP contribution is -2.06. The third-order valence-electron chi connectivity index (χ3n) is 2.29. The van der Waals surface area contributed by atoms with E-state index in [0.717, 1.165) is 10.9 Å². The Labute approximate surface area is 112 Å². The predicted molar refractivity (Wildman–Crippen MR) is 64.1 cm³/mol. The van der Waals surface area contributed by atoms with Crippen molar-refractivity contribution in [1.82, 2.24) is 19.3 Å². The molecule has 2 rings (SSSR count). The van der Waals surface area contributed by atoms with Crippen molar-refractivity contribution in [3.8, 4) is 0 Å². The van der Waals surface area contributed by atoms with Gasteiger partial charge in [0.05, 0.1) is 24.2 Å². The number of nitrogens with zero attached hydrogens (tertiary/aromatic N) is 5. The summed E-state index contributed by atoms with van der Waals surface area (Å²) < 4.78 is 25.3. The van der Waals surface area contributed by atoms with E-state index >= 15 is 0 Å². The molecule has 2 aromatic rings. The zero-order valence-corrected chi connectivity index (χ0v) is 11.0. The van der Waals surface area contributed by atoms with Gasteiger partial charge < -0.3 is 14.7 Å². The topological polar surface area (TPSA) is 113 Å². The molecule has 102 valence electrons. The number of nitro groups is 1. The van der Waals surface area contributed by atoms with E-state index in [4.69, 9.17) is 10.7 Å². The molecule has 0 aromatic carbocycles. The van der Waals surface area contributed by atoms with Crippen LogP contribution in [0.3, 0.4) is 0 Å². The van der Waals surface area contributed by atoms with Gasteiger partial charge in [-0.1, -0.05) is 0 Å². The molecule has 0 bridgehead atoms. The van der Waals surface area contributed by atoms with Crippen LogP contribution in [0.15, 0.2) is 29.8 Å². The standard InChI is InChI=1S/C8H8ClN5O4S/c9-19(17,18)7-5-13(11-8(7)14(15)16)4-3-12-2-1-10-6-12/h1-2,5-6H,3-4H2. The minimum Gasteiger partial charge on any atom is -0.358 e. The molecule has 0 aliphatic carbocycles. The smallest absolute Gasteiger partial charge is 0.358 e. The van der Waals surface area contributed by atoms with Crippen molar-refractivity contribution in [1.29, 1.82) is 0 Å². The molecule has 9 nitrogen and oxygen atoms in total. The molecule has 0 saturated heterocycles. The van der Waals surface area contributed by atoms with Crippen LogP contribution in [0.4, 0.5) is 5.82 Å². The van der Waals surface area contributed by atoms with Gasteiger partial charge in [-0.2, -0.15) is 4.68 Å². The molecule has 2 aromatic heterocycles. The Morgan fingerprint density at radius 3 is 2.63 bits per heavy atom. The monoisotopic (exact) mass is 305 g/mol. The molecule has 0 fully saturated rings. The van der Waals surface area contributed by atoms with Crippen molar-refractivity contribution in [2.75, 3.05) is 0 Å². The maximum absolute atomic E-state index is 11.2. The van der Waals surface area contributed by atoms with Crippen LogP contribution in [0.1, 0.15) is 0 Å². The van der Waals surface area contributed by atoms with Gasteiger partial charge in [0.1, 0.15) is 0 Å². The van der Waals surface area contributed by atoms with Crippen LogP contribution in [0.5, 0.6) is 0 Å². The van der Waals surface area contributed by atoms with E-state index in [1.807, 2.05) is 0 Å². The van der Waals surface area contributed by atoms with E-state index in [1.54, 1.807) is 23.3 Å². The van der Waals surface area contributed by atoms with Crippen LogP contribution < -0.4 is 0 Å². The lowest BCUT2D eigenvalue weighted by Gasteiger charge is -1.98. The Morgan fingerprint density at radius 1 is 1.42 bits per heavy atom. The highest BCUT2D eigenvalue weighted by Gasteiger charge is 2.29. The minimum atomic E-state index is -4.20. The third-order valence-corrected chi connectivity index (χ3v) is 3.60. The molecule has 0 saturated carbocycles. The van der Waals surface area contributed by atoms with Crippen molar-refractivity contribution in [2.24, 2.45) is 0 Å². The lowest BCUT2D eigenvalue weighted by molar-refractivity contribution is -0.392. The fourth-order valence-electron chi connectivity index (χ4n) is 1.44. The van der Waals surface area contributed by atoms with Crippen LogP contribution >= 0.6 is 10.7 Å². The number of aryl methyl sites for hydroxylation is 2. The molecule has 0 radical (unpaired) electrons. The third kappa shape index (κ3) is 3.09. The number of aromatic nitrogens is 4. The van der Waals surface area contributed by atoms with Gasteiger partial charge in [0.25, 0.3) is 9.05 Å². The molecular formula is C8H8ClN5O4S. The van der Waals surface area contributed by atoms with Gasteiger partial charge in [-0.05, 0) is 4.92 Å². The van der Waals surface area contributed by atoms with E-state index in [2.05, 4.69) is 10.1 Å². The molecule has 0 aliphatic heterocycles. The first-order valence-corrected chi connectivity index (χ1v) is 7.31. The number of halogens is 1. The second kappa shape index (κ2) is 4.97. The molecule has 0 unspecified atom stereocenters. The second-order valence-electron chi connectivity index (χ2n) is 3.58. The molecule has 0 N–H and O–H groups in total. The normalized spacial score (nSPS) is 11.6. The van der Waals surface area contributed by atoms with Gasteiger partial charge in [-0.3, -0.25) is 0 Å². The zero-order chi connectivity index (χ0) is 14.0. The van der Waals surface area contributed by atoms with E-state index in [9.17, 15) is 18.5 Å². The summed E-state index contributed by atoms with van der Waals surface area (Å²) in [6.45, 7) is 0.699. The summed E-state index contributed by atoms with van der Waals surface area (Å²) in [5.41, 5.74) is 0. The number of imidazole rings is 1. The maximum Gasteiger partial charge on any atom is 0.410 e. The Kier molecular flexibility index (Phi) is 3.53. The van der Waals surface area contributed by atoms with Crippen LogP contribution in [0.2, 0.25) is 0 Å². The summed E-state index contributed by atoms with van der Waals surface area (Å²) in [5, 5.41) is 14.3. The van der Waals surface area contributed by atoms with Gasteiger partial charge in [-0.25, -0.2) is 13.4 Å². The Balaban J connectivity index is 2.25. The highest BCUT2D eigenvalue weighted by Crippen LogP contribution is 2.24. The van der Waals surface area contributed by atoms with Crippen molar-refractivity contribution < 1.29 is 13.3 Å². The number of rotatable bonds is 5. The van der Waals surface area contributed by atoms with Crippen LogP contribution in [-0.4, -0.2) is 32.7 Å². The quantitative estimate of drug-likeness (QED) is 0.454. The summed E-state index contributed by atoms with van der Waals surface area (Å²) in [6, 6.07) is 0. The van der Waals surface area contributed by atoms with Crippen LogP contribution in [0, 0.1) is 10.1 Å². The number of hydrogen-bond acceptors (Lipinski definition) is 6. The van der Waals surface area contributed by atoms with Crippen molar-refractivity contribution >= 4 is 25.6 Å². The first kappa shape index (κ1) is 13.5. The Morgan fingerprint density at radius 2 is 2.16 bits per heavy atom. The maximum atomic E-state index is 11.2. The highest BCUT2D eigenvalue weighted by molar-refractivity contribution is 8.13. The van der Waals surface area contributed by atoms with Gasteiger partial charge in [0.15, 0.2) is 0 Å². The largest absolute Gasteiger partial charge is 0.410 e. The summed E-state index contributed by atoms with van der Waals surface area (Å²) in [5.74, 6) is -0.777. The predicted octanol–water partition coefficient (Wildman–Crippen LogP) is 0.615. The average molecular weight is 306 g/mol. The van der Waals surface area contributed by atoms with E-state index in [1.165, 1.54) is 0 Å². The molecule has 2 heterocycles. The van der Waals surface area contributed by atoms with Gasteiger partial charge >= 0.3 is 5.82 Å². The van der Waals surface area contributed by atoms with Crippen LogP contribution in [-0.2, 0) is 22.1 Å². The highest BCUT2D eigenvalue weighted by atomic mass is 35.7. The van der Waals surface area contributed by atoms with Gasteiger partial charge in [-0.15, -0.1) is 0 Å². The summed E-state index contributed by atoms with van der Waals surface area (Å²) in [7, 11) is 0.918. The first-order valence-electron chi connectivity index (χ1n) is 5.00. The van der Waals surface area contributed by atoms with Gasteiger partial charge in [0, 0.05) is 29.6 Å². The van der Waals surface area contributed by atoms with E-state index in [0.29, 0.717) is 6.54 Å². The first-order chi connectivity index (χ1) is 8.88. The number of hydrogen-bond donors (Lipinski definition) is 0. The molecular weight excluding hydrogens is 298 g/mol. The lowest BCUT2D eigenvalue weighted by atomic mass is 10.6. The minimum absolute atomic E-state index is 0.254. The van der Waals surface area contributed by atoms with Crippen molar-refractivity contribution in [3.05, 3.63) is 35.0 Å². The fraction of sp³-hybridized carbons (Fsp3) is 0.250. The molecule has 11 heteroatoms. The van der Waals surface area contributed by atoms with E-state index < -0.39 is 24.7 Å². The summed E-state index contributed by atoms with van der Waals surface area (Å²) >= 11 is 0. The molecule has 0 aliphatic rings. The molecule has 0 spiro atoms. The van der Waals surface area contributed by atoms with Crippen molar-refractivity contribution in [3.63, 3.8) is 0 Å². The average Bonchev–Trinajstić information content (AvgIpc) is 2.94. The zero-order valence-electron chi connectivity index (χ0n) is 9.38.